The number of allylic oxidation sites excluding steroid dienone is 4. The van der Waals surface area contributed by atoms with Crippen LogP contribution < -0.4 is 0 Å². The molecule has 1 amide bonds. The van der Waals surface area contributed by atoms with Gasteiger partial charge in [0.05, 0.1) is 12.1 Å². The van der Waals surface area contributed by atoms with E-state index in [1.54, 1.807) is 13.2 Å². The highest BCUT2D eigenvalue weighted by molar-refractivity contribution is 14.1. The fourth-order valence-corrected chi connectivity index (χ4v) is 5.96. The molecule has 9 heteroatoms. The van der Waals surface area contributed by atoms with Gasteiger partial charge in [0.25, 0.3) is 5.91 Å². The van der Waals surface area contributed by atoms with E-state index in [0.717, 1.165) is 28.5 Å². The van der Waals surface area contributed by atoms with Crippen LogP contribution in [0.2, 0.25) is 0 Å². The Morgan fingerprint density at radius 3 is 2.60 bits per heavy atom. The smallest absolute Gasteiger partial charge is 0.410 e. The number of amides is 1. The number of alkyl halides is 3. The van der Waals surface area contributed by atoms with E-state index >= 15 is 0 Å². The summed E-state index contributed by atoms with van der Waals surface area (Å²) in [6.45, 7) is 3.42. The molecule has 2 atom stereocenters. The molecule has 2 heterocycles. The average molecular weight is 602 g/mol. The molecule has 35 heavy (non-hydrogen) atoms. The van der Waals surface area contributed by atoms with Crippen LogP contribution in [0.15, 0.2) is 63.6 Å². The topological polar surface area (TPSA) is 43.7 Å². The van der Waals surface area contributed by atoms with Crippen LogP contribution in [-0.4, -0.2) is 48.0 Å². The number of nitrogens with zero attached hydrogens (tertiary/aromatic N) is 2. The summed E-state index contributed by atoms with van der Waals surface area (Å²) < 4.78 is 51.1. The predicted octanol–water partition coefficient (Wildman–Crippen LogP) is 6.34. The number of hydrogen-bond acceptors (Lipinski definition) is 3. The second kappa shape index (κ2) is 10.5. The molecule has 0 saturated carbocycles. The molecule has 0 bridgehead atoms. The van der Waals surface area contributed by atoms with Gasteiger partial charge in [0.2, 0.25) is 0 Å². The third-order valence-electron chi connectivity index (χ3n) is 7.34. The third kappa shape index (κ3) is 5.71. The highest BCUT2D eigenvalue weighted by Gasteiger charge is 2.40. The standard InChI is InChI=1S/C26H30F3IN2O3/c1-3-25(12-15-31(16-13-25)24(33)18-6-8-19(34-2)9-7-18)23-5-4-14-32(23)22-17-20(10-11-21(22)30)35-26(27,28)29/h4-8,10-11,14,19,22H,3,9,12-13,15-17H2,1-2H3. The van der Waals surface area contributed by atoms with E-state index in [2.05, 4.69) is 44.9 Å². The van der Waals surface area contributed by atoms with E-state index in [1.807, 2.05) is 35.4 Å². The van der Waals surface area contributed by atoms with Crippen LogP contribution in [0.25, 0.3) is 0 Å². The monoisotopic (exact) mass is 602 g/mol. The maximum atomic E-state index is 13.1. The molecule has 2 aliphatic carbocycles. The lowest BCUT2D eigenvalue weighted by Gasteiger charge is -2.43. The Balaban J connectivity index is 1.49. The minimum Gasteiger partial charge on any atom is -0.410 e. The average Bonchev–Trinajstić information content (AvgIpc) is 3.34. The van der Waals surface area contributed by atoms with Gasteiger partial charge in [-0.05, 0) is 72.6 Å². The largest absolute Gasteiger partial charge is 0.572 e. The Morgan fingerprint density at radius 1 is 1.26 bits per heavy atom. The van der Waals surface area contributed by atoms with Crippen molar-refractivity contribution in [1.82, 2.24) is 9.47 Å². The van der Waals surface area contributed by atoms with Crippen LogP contribution in [-0.2, 0) is 19.7 Å². The van der Waals surface area contributed by atoms with E-state index in [-0.39, 0.29) is 35.6 Å². The number of rotatable bonds is 6. The van der Waals surface area contributed by atoms with Gasteiger partial charge in [-0.25, -0.2) is 0 Å². The Bertz CT molecular complexity index is 1060. The van der Waals surface area contributed by atoms with Gasteiger partial charge in [-0.3, -0.25) is 4.79 Å². The predicted molar refractivity (Wildman–Crippen MR) is 136 cm³/mol. The van der Waals surface area contributed by atoms with Gasteiger partial charge < -0.3 is 18.9 Å². The number of ether oxygens (including phenoxy) is 2. The van der Waals surface area contributed by atoms with Gasteiger partial charge in [0.15, 0.2) is 0 Å². The van der Waals surface area contributed by atoms with E-state index in [9.17, 15) is 18.0 Å². The van der Waals surface area contributed by atoms with E-state index < -0.39 is 6.36 Å². The number of halogens is 4. The third-order valence-corrected chi connectivity index (χ3v) is 8.42. The Kier molecular flexibility index (Phi) is 7.85. The lowest BCUT2D eigenvalue weighted by atomic mass is 9.73. The first kappa shape index (κ1) is 26.1. The zero-order valence-electron chi connectivity index (χ0n) is 19.9. The van der Waals surface area contributed by atoms with Crippen molar-refractivity contribution in [3.8, 4) is 0 Å². The summed E-state index contributed by atoms with van der Waals surface area (Å²) in [6.07, 6.45) is 9.37. The van der Waals surface area contributed by atoms with Crippen molar-refractivity contribution in [2.24, 2.45) is 0 Å². The molecule has 1 fully saturated rings. The van der Waals surface area contributed by atoms with Crippen LogP contribution in [0.4, 0.5) is 13.2 Å². The second-order valence-corrected chi connectivity index (χ2v) is 10.5. The first-order valence-corrected chi connectivity index (χ1v) is 12.9. The van der Waals surface area contributed by atoms with Crippen LogP contribution in [0, 0.1) is 0 Å². The number of aromatic nitrogens is 1. The van der Waals surface area contributed by atoms with Gasteiger partial charge in [-0.1, -0.05) is 25.2 Å². The fraction of sp³-hybridized carbons (Fsp3) is 0.500. The Morgan fingerprint density at radius 2 is 2.00 bits per heavy atom. The van der Waals surface area contributed by atoms with Crippen LogP contribution >= 0.6 is 22.6 Å². The van der Waals surface area contributed by atoms with Gasteiger partial charge in [-0.15, -0.1) is 13.2 Å². The molecule has 5 nitrogen and oxygen atoms in total. The minimum atomic E-state index is -4.70. The van der Waals surface area contributed by atoms with Crippen molar-refractivity contribution in [1.29, 1.82) is 0 Å². The van der Waals surface area contributed by atoms with Crippen molar-refractivity contribution < 1.29 is 27.4 Å². The quantitative estimate of drug-likeness (QED) is 0.357. The molecule has 1 aromatic rings. The molecular weight excluding hydrogens is 572 g/mol. The van der Waals surface area contributed by atoms with Crippen molar-refractivity contribution in [2.75, 3.05) is 20.2 Å². The van der Waals surface area contributed by atoms with Gasteiger partial charge in [-0.2, -0.15) is 0 Å². The molecule has 2 unspecified atom stereocenters. The van der Waals surface area contributed by atoms with Crippen molar-refractivity contribution >= 4 is 28.5 Å². The molecule has 190 valence electrons. The highest BCUT2D eigenvalue weighted by Crippen LogP contribution is 2.44. The molecule has 4 rings (SSSR count). The lowest BCUT2D eigenvalue weighted by molar-refractivity contribution is -0.306. The Labute approximate surface area is 217 Å². The van der Waals surface area contributed by atoms with Crippen LogP contribution in [0.1, 0.15) is 50.8 Å². The number of carbonyl (C=O) groups excluding carboxylic acids is 1. The zero-order valence-corrected chi connectivity index (χ0v) is 22.0. The van der Waals surface area contributed by atoms with Gasteiger partial charge in [0, 0.05) is 53.1 Å². The maximum absolute atomic E-state index is 13.1. The van der Waals surface area contributed by atoms with Gasteiger partial charge in [0.1, 0.15) is 5.76 Å². The Hall–Kier alpha value is -2.01. The summed E-state index contributed by atoms with van der Waals surface area (Å²) in [5, 5.41) is 0. The first-order valence-electron chi connectivity index (χ1n) is 11.9. The first-order chi connectivity index (χ1) is 16.7. The SMILES string of the molecule is CCC1(c2cccn2C2CC(OC(F)(F)F)=CC=C2I)CCN(C(=O)C2=CCC(OC)C=C2)CC1. The molecule has 1 aromatic heterocycles. The molecular formula is C26H30F3IN2O3. The molecule has 0 radical (unpaired) electrons. The number of piperidine rings is 1. The highest BCUT2D eigenvalue weighted by atomic mass is 127. The van der Waals surface area contributed by atoms with Crippen molar-refractivity contribution in [2.45, 2.75) is 63.0 Å². The molecule has 0 N–H and O–H groups in total. The minimum absolute atomic E-state index is 0.0157. The van der Waals surface area contributed by atoms with E-state index in [0.29, 0.717) is 25.1 Å². The molecule has 0 aromatic carbocycles. The van der Waals surface area contributed by atoms with Crippen molar-refractivity contribution in [3.05, 3.63) is 69.3 Å². The fourth-order valence-electron chi connectivity index (χ4n) is 5.26. The summed E-state index contributed by atoms with van der Waals surface area (Å²) in [5.41, 5.74) is 1.66. The summed E-state index contributed by atoms with van der Waals surface area (Å²) in [4.78, 5) is 15.0. The number of methoxy groups -OCH3 is 1. The lowest BCUT2D eigenvalue weighted by Crippen LogP contribution is -2.46. The van der Waals surface area contributed by atoms with E-state index in [4.69, 9.17) is 4.74 Å². The summed E-state index contributed by atoms with van der Waals surface area (Å²) in [6, 6.07) is 3.78. The normalized spacial score (nSPS) is 24.5. The van der Waals surface area contributed by atoms with Crippen LogP contribution in [0.5, 0.6) is 0 Å². The van der Waals surface area contributed by atoms with E-state index in [1.165, 1.54) is 6.08 Å². The zero-order chi connectivity index (χ0) is 25.2. The van der Waals surface area contributed by atoms with Crippen LogP contribution in [0.3, 0.4) is 0 Å². The molecule has 1 aliphatic heterocycles. The maximum Gasteiger partial charge on any atom is 0.572 e. The summed E-state index contributed by atoms with van der Waals surface area (Å²) in [7, 11) is 1.66. The number of hydrogen-bond donors (Lipinski definition) is 0. The molecule has 1 saturated heterocycles. The molecule has 0 spiro atoms. The number of likely N-dealkylation sites (tertiary alicyclic amines) is 1. The second-order valence-electron chi connectivity index (χ2n) is 9.21. The number of carbonyl (C=O) groups is 1. The summed E-state index contributed by atoms with van der Waals surface area (Å²) >= 11 is 2.20. The summed E-state index contributed by atoms with van der Waals surface area (Å²) in [5.74, 6) is -0.0437. The van der Waals surface area contributed by atoms with Crippen molar-refractivity contribution in [3.63, 3.8) is 0 Å². The molecule has 3 aliphatic rings. The van der Waals surface area contributed by atoms with Gasteiger partial charge >= 0.3 is 6.36 Å².